The van der Waals surface area contributed by atoms with Crippen LogP contribution in [0.4, 0.5) is 8.78 Å². The van der Waals surface area contributed by atoms with Crippen molar-refractivity contribution in [2.24, 2.45) is 0 Å². The highest BCUT2D eigenvalue weighted by Crippen LogP contribution is 2.20. The van der Waals surface area contributed by atoms with Crippen LogP contribution in [0.15, 0.2) is 64.7 Å². The molecule has 3 aromatic rings. The number of aromatic nitrogens is 2. The summed E-state index contributed by atoms with van der Waals surface area (Å²) >= 11 is 1.15. The summed E-state index contributed by atoms with van der Waals surface area (Å²) in [5.74, 6) is -0.403. The molecule has 0 aliphatic carbocycles. The maximum Gasteiger partial charge on any atom is 0.287 e. The van der Waals surface area contributed by atoms with Gasteiger partial charge in [-0.2, -0.15) is 0 Å². The fourth-order valence-corrected chi connectivity index (χ4v) is 3.07. The molecule has 0 saturated carbocycles. The zero-order valence-corrected chi connectivity index (χ0v) is 13.7. The topological polar surface area (TPSA) is 34.9 Å². The standard InChI is InChI=1S/C18H14F2N2OS/c1-12-6-7-14(10-16(12)20)22-9-8-21-17(18(22)23)24-11-13-4-2-3-5-15(13)19/h2-10H,11H2,1H3. The first kappa shape index (κ1) is 16.4. The van der Waals surface area contributed by atoms with Gasteiger partial charge in [0.05, 0.1) is 5.69 Å². The summed E-state index contributed by atoms with van der Waals surface area (Å²) in [6.45, 7) is 1.66. The van der Waals surface area contributed by atoms with Crippen LogP contribution in [0.25, 0.3) is 5.69 Å². The molecule has 3 nitrogen and oxygen atoms in total. The lowest BCUT2D eigenvalue weighted by molar-refractivity contribution is 0.616. The second-order valence-electron chi connectivity index (χ2n) is 5.22. The van der Waals surface area contributed by atoms with E-state index in [1.807, 2.05) is 0 Å². The van der Waals surface area contributed by atoms with Gasteiger partial charge in [-0.3, -0.25) is 9.36 Å². The molecular formula is C18H14F2N2OS. The molecule has 3 rings (SSSR count). The molecule has 0 aliphatic heterocycles. The van der Waals surface area contributed by atoms with Crippen LogP contribution in [-0.4, -0.2) is 9.55 Å². The molecular weight excluding hydrogens is 330 g/mol. The van der Waals surface area contributed by atoms with Gasteiger partial charge in [-0.05, 0) is 36.2 Å². The molecule has 0 unspecified atom stereocenters. The predicted octanol–water partition coefficient (Wildman–Crippen LogP) is 4.11. The molecule has 0 spiro atoms. The minimum atomic E-state index is -0.378. The number of benzene rings is 2. The van der Waals surface area contributed by atoms with E-state index < -0.39 is 0 Å². The molecule has 0 N–H and O–H groups in total. The maximum atomic E-state index is 13.7. The number of hydrogen-bond donors (Lipinski definition) is 0. The normalized spacial score (nSPS) is 10.8. The zero-order chi connectivity index (χ0) is 17.1. The van der Waals surface area contributed by atoms with Crippen molar-refractivity contribution >= 4 is 11.8 Å². The largest absolute Gasteiger partial charge is 0.287 e. The van der Waals surface area contributed by atoms with Gasteiger partial charge in [-0.25, -0.2) is 13.8 Å². The quantitative estimate of drug-likeness (QED) is 0.668. The molecule has 0 bridgehead atoms. The summed E-state index contributed by atoms with van der Waals surface area (Å²) in [4.78, 5) is 16.6. The van der Waals surface area contributed by atoms with Gasteiger partial charge in [0.15, 0.2) is 5.03 Å². The van der Waals surface area contributed by atoms with E-state index in [2.05, 4.69) is 4.98 Å². The summed E-state index contributed by atoms with van der Waals surface area (Å²) in [6.07, 6.45) is 2.96. The van der Waals surface area contributed by atoms with Crippen molar-refractivity contribution < 1.29 is 8.78 Å². The summed E-state index contributed by atoms with van der Waals surface area (Å²) in [7, 11) is 0. The Morgan fingerprint density at radius 1 is 1.12 bits per heavy atom. The first-order chi connectivity index (χ1) is 11.6. The average molecular weight is 344 g/mol. The minimum Gasteiger partial charge on any atom is -0.280 e. The van der Waals surface area contributed by atoms with Crippen LogP contribution in [0.1, 0.15) is 11.1 Å². The Labute approximate surface area is 142 Å². The zero-order valence-electron chi connectivity index (χ0n) is 12.9. The molecule has 0 amide bonds. The van der Waals surface area contributed by atoms with E-state index in [-0.39, 0.29) is 22.2 Å². The second kappa shape index (κ2) is 6.97. The molecule has 122 valence electrons. The third-order valence-corrected chi connectivity index (χ3v) is 4.57. The summed E-state index contributed by atoms with van der Waals surface area (Å²) < 4.78 is 28.7. The Morgan fingerprint density at radius 3 is 2.67 bits per heavy atom. The van der Waals surface area contributed by atoms with Crippen molar-refractivity contribution in [2.75, 3.05) is 0 Å². The Morgan fingerprint density at radius 2 is 1.92 bits per heavy atom. The summed E-state index contributed by atoms with van der Waals surface area (Å²) in [5, 5.41) is 0.238. The lowest BCUT2D eigenvalue weighted by Crippen LogP contribution is -2.20. The SMILES string of the molecule is Cc1ccc(-n2ccnc(SCc3ccccc3F)c2=O)cc1F. The number of halogens is 2. The second-order valence-corrected chi connectivity index (χ2v) is 6.19. The highest BCUT2D eigenvalue weighted by Gasteiger charge is 2.10. The highest BCUT2D eigenvalue weighted by molar-refractivity contribution is 7.98. The lowest BCUT2D eigenvalue weighted by atomic mass is 10.2. The molecule has 0 saturated heterocycles. The fourth-order valence-electron chi connectivity index (χ4n) is 2.19. The molecule has 0 fully saturated rings. The van der Waals surface area contributed by atoms with Gasteiger partial charge in [0.1, 0.15) is 11.6 Å². The third kappa shape index (κ3) is 3.38. The molecule has 1 aromatic heterocycles. The third-order valence-electron chi connectivity index (χ3n) is 3.57. The summed E-state index contributed by atoms with van der Waals surface area (Å²) in [6, 6.07) is 11.0. The Kier molecular flexibility index (Phi) is 4.76. The number of aryl methyl sites for hydroxylation is 1. The number of hydrogen-bond acceptors (Lipinski definition) is 3. The van der Waals surface area contributed by atoms with Crippen molar-refractivity contribution in [2.45, 2.75) is 17.7 Å². The van der Waals surface area contributed by atoms with Crippen LogP contribution in [0.2, 0.25) is 0 Å². The maximum absolute atomic E-state index is 13.7. The van der Waals surface area contributed by atoms with Gasteiger partial charge < -0.3 is 0 Å². The van der Waals surface area contributed by atoms with Crippen molar-refractivity contribution in [1.29, 1.82) is 0 Å². The van der Waals surface area contributed by atoms with Crippen molar-refractivity contribution in [3.05, 3.63) is 88.0 Å². The Bertz CT molecular complexity index is 940. The molecule has 6 heteroatoms. The van der Waals surface area contributed by atoms with E-state index in [1.165, 1.54) is 29.1 Å². The molecule has 1 heterocycles. The van der Waals surface area contributed by atoms with Gasteiger partial charge in [0.25, 0.3) is 5.56 Å². The van der Waals surface area contributed by atoms with Gasteiger partial charge in [0.2, 0.25) is 0 Å². The number of thioether (sulfide) groups is 1. The van der Waals surface area contributed by atoms with Crippen LogP contribution in [-0.2, 0) is 5.75 Å². The highest BCUT2D eigenvalue weighted by atomic mass is 32.2. The van der Waals surface area contributed by atoms with Gasteiger partial charge in [0, 0.05) is 18.1 Å². The van der Waals surface area contributed by atoms with E-state index in [9.17, 15) is 13.6 Å². The first-order valence-corrected chi connectivity index (χ1v) is 8.25. The Balaban J connectivity index is 1.90. The van der Waals surface area contributed by atoms with Crippen LogP contribution in [0, 0.1) is 18.6 Å². The van der Waals surface area contributed by atoms with Crippen LogP contribution >= 0.6 is 11.8 Å². The average Bonchev–Trinajstić information content (AvgIpc) is 2.58. The van der Waals surface area contributed by atoms with Gasteiger partial charge >= 0.3 is 0 Å². The smallest absolute Gasteiger partial charge is 0.280 e. The van der Waals surface area contributed by atoms with Gasteiger partial charge in [-0.1, -0.05) is 36.0 Å². The van der Waals surface area contributed by atoms with Crippen LogP contribution in [0.3, 0.4) is 0 Å². The molecule has 0 aliphatic rings. The van der Waals surface area contributed by atoms with Gasteiger partial charge in [-0.15, -0.1) is 0 Å². The summed E-state index contributed by atoms with van der Waals surface area (Å²) in [5.41, 5.74) is 1.08. The Hall–Kier alpha value is -2.47. The lowest BCUT2D eigenvalue weighted by Gasteiger charge is -2.08. The van der Waals surface area contributed by atoms with Crippen molar-refractivity contribution in [3.8, 4) is 5.69 Å². The van der Waals surface area contributed by atoms with E-state index in [1.54, 1.807) is 37.3 Å². The first-order valence-electron chi connectivity index (χ1n) is 7.26. The van der Waals surface area contributed by atoms with E-state index in [0.29, 0.717) is 22.6 Å². The molecule has 2 aromatic carbocycles. The molecule has 24 heavy (non-hydrogen) atoms. The van der Waals surface area contributed by atoms with Crippen molar-refractivity contribution in [3.63, 3.8) is 0 Å². The number of rotatable bonds is 4. The van der Waals surface area contributed by atoms with E-state index in [0.717, 1.165) is 11.8 Å². The predicted molar refractivity (Wildman–Crippen MR) is 90.5 cm³/mol. The minimum absolute atomic E-state index is 0.238. The van der Waals surface area contributed by atoms with Crippen LogP contribution < -0.4 is 5.56 Å². The van der Waals surface area contributed by atoms with E-state index in [4.69, 9.17) is 0 Å². The molecule has 0 atom stereocenters. The van der Waals surface area contributed by atoms with Crippen molar-refractivity contribution in [1.82, 2.24) is 9.55 Å². The van der Waals surface area contributed by atoms with Crippen LogP contribution in [0.5, 0.6) is 0 Å². The molecule has 0 radical (unpaired) electrons. The number of nitrogens with zero attached hydrogens (tertiary/aromatic N) is 2. The monoisotopic (exact) mass is 344 g/mol. The van der Waals surface area contributed by atoms with E-state index >= 15 is 0 Å². The fraction of sp³-hybridized carbons (Fsp3) is 0.111.